The van der Waals surface area contributed by atoms with Crippen LogP contribution in [0.2, 0.25) is 0 Å². The lowest BCUT2D eigenvalue weighted by atomic mass is 9.99. The molecule has 0 bridgehead atoms. The number of ether oxygens (including phenoxy) is 1. The van der Waals surface area contributed by atoms with Gasteiger partial charge in [0.05, 0.1) is 0 Å². The number of nitrogens with one attached hydrogen (secondary N) is 1. The minimum absolute atomic E-state index is 0.0586. The fourth-order valence-electron chi connectivity index (χ4n) is 2.90. The van der Waals surface area contributed by atoms with Gasteiger partial charge in [-0.25, -0.2) is 4.39 Å². The number of alkyl halides is 2. The zero-order valence-corrected chi connectivity index (χ0v) is 13.9. The summed E-state index contributed by atoms with van der Waals surface area (Å²) in [6.45, 7) is -1.05. The summed E-state index contributed by atoms with van der Waals surface area (Å²) < 4.78 is 43.8. The molecule has 3 rings (SSSR count). The first kappa shape index (κ1) is 17.8. The quantitative estimate of drug-likeness (QED) is 0.694. The average molecular weight is 363 g/mol. The predicted octanol–water partition coefficient (Wildman–Crippen LogP) is 4.02. The van der Waals surface area contributed by atoms with Gasteiger partial charge in [-0.1, -0.05) is 13.3 Å². The van der Waals surface area contributed by atoms with E-state index in [2.05, 4.69) is 14.9 Å². The third-order valence-corrected chi connectivity index (χ3v) is 3.95. The Bertz CT molecular complexity index is 970. The average Bonchev–Trinajstić information content (AvgIpc) is 2.98. The SMILES string of the molecule is CCCc1cc(OC(F)F)c2[nH]nc(-c3cc(F)ccc3C(N)=O)c2c1. The summed E-state index contributed by atoms with van der Waals surface area (Å²) in [5, 5.41) is 7.17. The number of nitrogens with zero attached hydrogens (tertiary/aromatic N) is 1. The largest absolute Gasteiger partial charge is 0.433 e. The number of halogens is 3. The molecule has 8 heteroatoms. The van der Waals surface area contributed by atoms with E-state index in [0.717, 1.165) is 24.1 Å². The molecule has 0 aliphatic carbocycles. The minimum atomic E-state index is -3.00. The Labute approximate surface area is 147 Å². The van der Waals surface area contributed by atoms with Gasteiger partial charge in [0.1, 0.15) is 17.0 Å². The highest BCUT2D eigenvalue weighted by molar-refractivity contribution is 6.04. The molecule has 136 valence electrons. The number of aromatic amines is 1. The van der Waals surface area contributed by atoms with Gasteiger partial charge in [-0.3, -0.25) is 9.89 Å². The minimum Gasteiger partial charge on any atom is -0.433 e. The number of hydrogen-bond acceptors (Lipinski definition) is 3. The van der Waals surface area contributed by atoms with Gasteiger partial charge in [0.25, 0.3) is 0 Å². The second-order valence-corrected chi connectivity index (χ2v) is 5.77. The first-order valence-electron chi connectivity index (χ1n) is 7.96. The molecule has 0 fully saturated rings. The number of hydrogen-bond donors (Lipinski definition) is 2. The van der Waals surface area contributed by atoms with Crippen molar-refractivity contribution >= 4 is 16.8 Å². The highest BCUT2D eigenvalue weighted by Gasteiger charge is 2.20. The fraction of sp³-hybridized carbons (Fsp3) is 0.222. The Morgan fingerprint density at radius 3 is 2.73 bits per heavy atom. The summed E-state index contributed by atoms with van der Waals surface area (Å²) in [6, 6.07) is 6.79. The number of H-pyrrole nitrogens is 1. The maximum absolute atomic E-state index is 13.7. The van der Waals surface area contributed by atoms with E-state index in [9.17, 15) is 18.0 Å². The van der Waals surface area contributed by atoms with Crippen LogP contribution in [0.15, 0.2) is 30.3 Å². The van der Waals surface area contributed by atoms with Crippen molar-refractivity contribution in [3.8, 4) is 17.0 Å². The number of carbonyl (C=O) groups excluding carboxylic acids is 1. The van der Waals surface area contributed by atoms with Crippen LogP contribution in [-0.4, -0.2) is 22.7 Å². The van der Waals surface area contributed by atoms with Crippen molar-refractivity contribution in [1.29, 1.82) is 0 Å². The highest BCUT2D eigenvalue weighted by Crippen LogP contribution is 2.35. The number of benzene rings is 2. The van der Waals surface area contributed by atoms with E-state index in [4.69, 9.17) is 5.73 Å². The van der Waals surface area contributed by atoms with Crippen LogP contribution < -0.4 is 10.5 Å². The Kier molecular flexibility index (Phi) is 4.83. The molecular weight excluding hydrogens is 347 g/mol. The highest BCUT2D eigenvalue weighted by atomic mass is 19.3. The Morgan fingerprint density at radius 1 is 1.31 bits per heavy atom. The summed E-state index contributed by atoms with van der Waals surface area (Å²) >= 11 is 0. The number of rotatable bonds is 6. The maximum atomic E-state index is 13.7. The Hall–Kier alpha value is -3.03. The lowest BCUT2D eigenvalue weighted by Crippen LogP contribution is -2.12. The Balaban J connectivity index is 2.27. The van der Waals surface area contributed by atoms with Crippen LogP contribution >= 0.6 is 0 Å². The number of nitrogens with two attached hydrogens (primary N) is 1. The molecule has 0 radical (unpaired) electrons. The first-order valence-corrected chi connectivity index (χ1v) is 7.96. The van der Waals surface area contributed by atoms with E-state index in [-0.39, 0.29) is 28.1 Å². The van der Waals surface area contributed by atoms with Crippen LogP contribution in [0.25, 0.3) is 22.2 Å². The summed E-state index contributed by atoms with van der Waals surface area (Å²) in [7, 11) is 0. The molecule has 2 aromatic carbocycles. The van der Waals surface area contributed by atoms with Crippen molar-refractivity contribution in [3.63, 3.8) is 0 Å². The van der Waals surface area contributed by atoms with E-state index >= 15 is 0 Å². The number of carbonyl (C=O) groups is 1. The van der Waals surface area contributed by atoms with Gasteiger partial charge in [-0.15, -0.1) is 0 Å². The molecule has 1 aromatic heterocycles. The van der Waals surface area contributed by atoms with Crippen molar-refractivity contribution in [3.05, 3.63) is 47.3 Å². The normalized spacial score (nSPS) is 11.3. The number of fused-ring (bicyclic) bond motifs is 1. The third kappa shape index (κ3) is 3.35. The zero-order valence-electron chi connectivity index (χ0n) is 13.9. The van der Waals surface area contributed by atoms with Crippen LogP contribution in [0, 0.1) is 5.82 Å². The van der Waals surface area contributed by atoms with Gasteiger partial charge in [-0.2, -0.15) is 13.9 Å². The molecule has 5 nitrogen and oxygen atoms in total. The summed E-state index contributed by atoms with van der Waals surface area (Å²) in [5.41, 5.74) is 6.86. The standard InChI is InChI=1S/C18H16F3N3O2/c1-2-3-9-6-13-15(12-8-10(19)4-5-11(12)17(22)25)23-24-16(13)14(7-9)26-18(20)21/h4-8,18H,2-3H2,1H3,(H2,22,25)(H,23,24). The van der Waals surface area contributed by atoms with Gasteiger partial charge in [0, 0.05) is 16.5 Å². The van der Waals surface area contributed by atoms with Crippen LogP contribution in [0.5, 0.6) is 5.75 Å². The van der Waals surface area contributed by atoms with Crippen LogP contribution in [0.1, 0.15) is 29.3 Å². The third-order valence-electron chi connectivity index (χ3n) is 3.95. The molecule has 0 aliphatic rings. The van der Waals surface area contributed by atoms with E-state index in [0.29, 0.717) is 11.8 Å². The van der Waals surface area contributed by atoms with Gasteiger partial charge < -0.3 is 10.5 Å². The van der Waals surface area contributed by atoms with Crippen LogP contribution in [0.3, 0.4) is 0 Å². The second kappa shape index (κ2) is 7.07. The lowest BCUT2D eigenvalue weighted by molar-refractivity contribution is -0.0489. The molecule has 0 atom stereocenters. The van der Waals surface area contributed by atoms with E-state index < -0.39 is 18.3 Å². The number of amides is 1. The predicted molar refractivity (Wildman–Crippen MR) is 90.6 cm³/mol. The van der Waals surface area contributed by atoms with Crippen LogP contribution in [-0.2, 0) is 6.42 Å². The molecular formula is C18H16F3N3O2. The van der Waals surface area contributed by atoms with E-state index in [1.807, 2.05) is 6.92 Å². The molecule has 3 N–H and O–H groups in total. The summed E-state index contributed by atoms with van der Waals surface area (Å²) in [4.78, 5) is 11.7. The van der Waals surface area contributed by atoms with Gasteiger partial charge in [0.15, 0.2) is 5.75 Å². The van der Waals surface area contributed by atoms with Crippen molar-refractivity contribution in [2.45, 2.75) is 26.4 Å². The van der Waals surface area contributed by atoms with Crippen LogP contribution in [0.4, 0.5) is 13.2 Å². The molecule has 0 spiro atoms. The maximum Gasteiger partial charge on any atom is 0.387 e. The molecule has 0 unspecified atom stereocenters. The summed E-state index contributed by atoms with van der Waals surface area (Å²) in [5.74, 6) is -1.38. The monoisotopic (exact) mass is 363 g/mol. The topological polar surface area (TPSA) is 81.0 Å². The van der Waals surface area contributed by atoms with Crippen molar-refractivity contribution in [2.75, 3.05) is 0 Å². The van der Waals surface area contributed by atoms with E-state index in [1.54, 1.807) is 6.07 Å². The molecule has 1 heterocycles. The number of aromatic nitrogens is 2. The molecule has 26 heavy (non-hydrogen) atoms. The molecule has 1 amide bonds. The van der Waals surface area contributed by atoms with Crippen molar-refractivity contribution in [2.24, 2.45) is 5.73 Å². The second-order valence-electron chi connectivity index (χ2n) is 5.77. The summed E-state index contributed by atoms with van der Waals surface area (Å²) in [6.07, 6.45) is 1.42. The zero-order chi connectivity index (χ0) is 18.8. The fourth-order valence-corrected chi connectivity index (χ4v) is 2.90. The van der Waals surface area contributed by atoms with Gasteiger partial charge >= 0.3 is 6.61 Å². The molecule has 0 aliphatic heterocycles. The van der Waals surface area contributed by atoms with Crippen molar-refractivity contribution in [1.82, 2.24) is 10.2 Å². The molecule has 0 saturated heterocycles. The number of aryl methyl sites for hydroxylation is 1. The molecule has 0 saturated carbocycles. The van der Waals surface area contributed by atoms with Crippen molar-refractivity contribution < 1.29 is 22.7 Å². The van der Waals surface area contributed by atoms with Gasteiger partial charge in [0.2, 0.25) is 5.91 Å². The lowest BCUT2D eigenvalue weighted by Gasteiger charge is -2.09. The number of primary amides is 1. The van der Waals surface area contributed by atoms with E-state index in [1.165, 1.54) is 12.1 Å². The van der Waals surface area contributed by atoms with Gasteiger partial charge in [-0.05, 0) is 42.3 Å². The smallest absolute Gasteiger partial charge is 0.387 e. The first-order chi connectivity index (χ1) is 12.4. The molecule has 3 aromatic rings. The Morgan fingerprint density at radius 2 is 2.08 bits per heavy atom.